The van der Waals surface area contributed by atoms with E-state index in [4.69, 9.17) is 9.88 Å². The molecule has 1 heterocycles. The number of ether oxygens (including phenoxy) is 1. The summed E-state index contributed by atoms with van der Waals surface area (Å²) in [5.74, 6) is -0.794. The first kappa shape index (κ1) is 25.6. The molecule has 3 rings (SSSR count). The number of halogens is 4. The molecule has 0 radical (unpaired) electrons. The third-order valence-electron chi connectivity index (χ3n) is 5.22. The van der Waals surface area contributed by atoms with E-state index in [0.29, 0.717) is 19.3 Å². The minimum atomic E-state index is -4.38. The number of sulfonamides is 1. The summed E-state index contributed by atoms with van der Waals surface area (Å²) < 4.78 is 79.1. The summed E-state index contributed by atoms with van der Waals surface area (Å²) >= 11 is 0. The maximum absolute atomic E-state index is 14.2. The second-order valence-corrected chi connectivity index (χ2v) is 9.62. The number of carbonyl (C=O) groups excluding carboxylic acids is 1. The van der Waals surface area contributed by atoms with Crippen molar-refractivity contribution in [2.75, 3.05) is 5.32 Å². The van der Waals surface area contributed by atoms with Gasteiger partial charge in [-0.1, -0.05) is 0 Å². The number of hydrogen-bond donors (Lipinski definition) is 3. The summed E-state index contributed by atoms with van der Waals surface area (Å²) in [6.07, 6.45) is -2.15. The third-order valence-corrected chi connectivity index (χ3v) is 6.13. The van der Waals surface area contributed by atoms with Crippen molar-refractivity contribution in [2.24, 2.45) is 5.14 Å². The van der Waals surface area contributed by atoms with Gasteiger partial charge in [0.15, 0.2) is 0 Å². The average Bonchev–Trinajstić information content (AvgIpc) is 3.16. The Bertz CT molecular complexity index is 1130. The second-order valence-electron chi connectivity index (χ2n) is 8.05. The Morgan fingerprint density at radius 1 is 1.26 bits per heavy atom. The normalized spacial score (nSPS) is 19.5. The Morgan fingerprint density at radius 2 is 1.94 bits per heavy atom. The van der Waals surface area contributed by atoms with Crippen LogP contribution in [-0.2, 0) is 14.8 Å². The lowest BCUT2D eigenvalue weighted by Gasteiger charge is -2.18. The van der Waals surface area contributed by atoms with Crippen LogP contribution in [0.25, 0.3) is 0 Å². The standard InChI is InChI=1S/C20H23F4N5O4S/c1-11(8-20(22,23)24)28-19(30)33-14-3-2-12(6-14)13-9-26-18(27-10-13)29-17-5-4-15(7-16(17)21)34(25,31)32/h4-5,7,9-12,14H,2-3,6,8H2,1H3,(H,28,30)(H2,25,31,32)(H,26,27,29)/t11-,12-,14+/m0/s1. The van der Waals surface area contributed by atoms with E-state index < -0.39 is 46.7 Å². The molecule has 34 heavy (non-hydrogen) atoms. The van der Waals surface area contributed by atoms with E-state index in [1.54, 1.807) is 0 Å². The molecule has 1 saturated carbocycles. The molecule has 14 heteroatoms. The van der Waals surface area contributed by atoms with Gasteiger partial charge in [0.25, 0.3) is 0 Å². The van der Waals surface area contributed by atoms with Crippen molar-refractivity contribution in [3.8, 4) is 0 Å². The van der Waals surface area contributed by atoms with Gasteiger partial charge in [0.1, 0.15) is 11.9 Å². The molecule has 1 amide bonds. The summed E-state index contributed by atoms with van der Waals surface area (Å²) in [5.41, 5.74) is 0.716. The third kappa shape index (κ3) is 7.25. The first-order valence-corrected chi connectivity index (χ1v) is 11.8. The van der Waals surface area contributed by atoms with Gasteiger partial charge in [0.2, 0.25) is 16.0 Å². The number of alkyl halides is 3. The highest BCUT2D eigenvalue weighted by Crippen LogP contribution is 2.36. The topological polar surface area (TPSA) is 136 Å². The summed E-state index contributed by atoms with van der Waals surface area (Å²) in [6, 6.07) is 2.03. The Morgan fingerprint density at radius 3 is 2.53 bits per heavy atom. The number of amides is 1. The van der Waals surface area contributed by atoms with Gasteiger partial charge >= 0.3 is 12.3 Å². The number of nitrogens with one attached hydrogen (secondary N) is 2. The van der Waals surface area contributed by atoms with E-state index in [1.807, 2.05) is 0 Å². The van der Waals surface area contributed by atoms with Crippen molar-refractivity contribution in [1.82, 2.24) is 15.3 Å². The van der Waals surface area contributed by atoms with Crippen molar-refractivity contribution < 1.29 is 35.5 Å². The van der Waals surface area contributed by atoms with Crippen molar-refractivity contribution in [3.05, 3.63) is 42.0 Å². The van der Waals surface area contributed by atoms with Crippen LogP contribution in [0, 0.1) is 5.82 Å². The fourth-order valence-electron chi connectivity index (χ4n) is 3.64. The van der Waals surface area contributed by atoms with Crippen molar-refractivity contribution in [3.63, 3.8) is 0 Å². The minimum absolute atomic E-state index is 0.0229. The molecular weight excluding hydrogens is 482 g/mol. The second kappa shape index (κ2) is 10.1. The molecule has 0 saturated heterocycles. The Kier molecular flexibility index (Phi) is 7.60. The summed E-state index contributed by atoms with van der Waals surface area (Å²) in [6.45, 7) is 1.25. The lowest BCUT2D eigenvalue weighted by Crippen LogP contribution is -2.37. The van der Waals surface area contributed by atoms with Crippen LogP contribution in [0.2, 0.25) is 0 Å². The van der Waals surface area contributed by atoms with Crippen LogP contribution >= 0.6 is 0 Å². The molecule has 1 fully saturated rings. The first-order valence-electron chi connectivity index (χ1n) is 10.3. The van der Waals surface area contributed by atoms with Crippen molar-refractivity contribution in [2.45, 2.75) is 61.7 Å². The predicted octanol–water partition coefficient (Wildman–Crippen LogP) is 3.71. The number of benzene rings is 1. The smallest absolute Gasteiger partial charge is 0.407 e. The Labute approximate surface area is 193 Å². The summed E-state index contributed by atoms with van der Waals surface area (Å²) in [7, 11) is -4.04. The molecule has 1 aromatic heterocycles. The fourth-order valence-corrected chi connectivity index (χ4v) is 4.17. The largest absolute Gasteiger partial charge is 0.446 e. The van der Waals surface area contributed by atoms with Gasteiger partial charge in [-0.25, -0.2) is 32.7 Å². The van der Waals surface area contributed by atoms with Gasteiger partial charge in [0.05, 0.1) is 17.0 Å². The van der Waals surface area contributed by atoms with Crippen LogP contribution in [0.4, 0.5) is 34.0 Å². The van der Waals surface area contributed by atoms with Crippen LogP contribution < -0.4 is 15.8 Å². The Balaban J connectivity index is 1.53. The van der Waals surface area contributed by atoms with E-state index in [-0.39, 0.29) is 22.4 Å². The van der Waals surface area contributed by atoms with E-state index >= 15 is 0 Å². The van der Waals surface area contributed by atoms with Crippen LogP contribution in [-0.4, -0.2) is 42.8 Å². The molecule has 0 bridgehead atoms. The molecule has 4 N–H and O–H groups in total. The fraction of sp³-hybridized carbons (Fsp3) is 0.450. The van der Waals surface area contributed by atoms with Gasteiger partial charge in [0, 0.05) is 18.4 Å². The number of primary sulfonamides is 1. The number of aromatic nitrogens is 2. The molecule has 2 aromatic rings. The molecule has 0 aliphatic heterocycles. The minimum Gasteiger partial charge on any atom is -0.446 e. The maximum atomic E-state index is 14.2. The average molecular weight is 505 g/mol. The number of nitrogens with two attached hydrogens (primary N) is 1. The molecule has 0 spiro atoms. The van der Waals surface area contributed by atoms with Crippen LogP contribution in [0.5, 0.6) is 0 Å². The van der Waals surface area contributed by atoms with Crippen molar-refractivity contribution in [1.29, 1.82) is 0 Å². The van der Waals surface area contributed by atoms with Crippen LogP contribution in [0.3, 0.4) is 0 Å². The molecule has 0 unspecified atom stereocenters. The summed E-state index contributed by atoms with van der Waals surface area (Å²) in [4.78, 5) is 19.8. The van der Waals surface area contributed by atoms with E-state index in [0.717, 1.165) is 17.7 Å². The molecule has 3 atom stereocenters. The number of hydrogen-bond acceptors (Lipinski definition) is 7. The Hall–Kier alpha value is -3.00. The highest BCUT2D eigenvalue weighted by atomic mass is 32.2. The lowest BCUT2D eigenvalue weighted by atomic mass is 10.0. The SMILES string of the molecule is C[C@@H](CC(F)(F)F)NC(=O)O[C@@H]1CC[C@H](c2cnc(Nc3ccc(S(N)(=O)=O)cc3F)nc2)C1. The monoisotopic (exact) mass is 505 g/mol. The quantitative estimate of drug-likeness (QED) is 0.488. The first-order chi connectivity index (χ1) is 15.8. The molecule has 186 valence electrons. The molecule has 1 aliphatic carbocycles. The molecular formula is C20H23F4N5O4S. The van der Waals surface area contributed by atoms with E-state index in [2.05, 4.69) is 20.6 Å². The van der Waals surface area contributed by atoms with E-state index in [9.17, 15) is 30.8 Å². The zero-order chi connectivity index (χ0) is 25.1. The van der Waals surface area contributed by atoms with Crippen LogP contribution in [0.15, 0.2) is 35.5 Å². The zero-order valence-corrected chi connectivity index (χ0v) is 18.8. The van der Waals surface area contributed by atoms with Gasteiger partial charge in [-0.2, -0.15) is 13.2 Å². The van der Waals surface area contributed by atoms with Gasteiger partial charge in [-0.15, -0.1) is 0 Å². The van der Waals surface area contributed by atoms with Gasteiger partial charge in [-0.3, -0.25) is 0 Å². The van der Waals surface area contributed by atoms with Crippen molar-refractivity contribution >= 4 is 27.8 Å². The highest BCUT2D eigenvalue weighted by molar-refractivity contribution is 7.89. The van der Waals surface area contributed by atoms with E-state index in [1.165, 1.54) is 25.4 Å². The molecule has 1 aliphatic rings. The number of nitrogens with zero attached hydrogens (tertiary/aromatic N) is 2. The maximum Gasteiger partial charge on any atom is 0.407 e. The predicted molar refractivity (Wildman–Crippen MR) is 113 cm³/mol. The lowest BCUT2D eigenvalue weighted by molar-refractivity contribution is -0.138. The number of alkyl carbamates (subject to hydrolysis) is 1. The molecule has 1 aromatic carbocycles. The zero-order valence-electron chi connectivity index (χ0n) is 18.0. The number of carbonyl (C=O) groups is 1. The highest BCUT2D eigenvalue weighted by Gasteiger charge is 2.32. The summed E-state index contributed by atoms with van der Waals surface area (Å²) in [5, 5.41) is 9.80. The number of rotatable bonds is 7. The van der Waals surface area contributed by atoms with Crippen LogP contribution in [0.1, 0.15) is 44.1 Å². The van der Waals surface area contributed by atoms with Gasteiger partial charge < -0.3 is 15.4 Å². The number of anilines is 2. The molecule has 9 nitrogen and oxygen atoms in total. The van der Waals surface area contributed by atoms with Gasteiger partial charge in [-0.05, 0) is 55.9 Å².